The molecule has 0 aromatic heterocycles. The number of hydrogen-bond acceptors (Lipinski definition) is 2. The first-order valence-corrected chi connectivity index (χ1v) is 7.83. The highest BCUT2D eigenvalue weighted by Crippen LogP contribution is 2.32. The van der Waals surface area contributed by atoms with E-state index < -0.39 is 0 Å². The summed E-state index contributed by atoms with van der Waals surface area (Å²) in [5, 5.41) is 0. The van der Waals surface area contributed by atoms with Crippen LogP contribution >= 0.6 is 24.0 Å². The molecule has 0 bridgehead atoms. The molecule has 0 amide bonds. The molecule has 2 fully saturated rings. The number of aliphatic imine (C=N–C) groups is 1. The average molecular weight is 394 g/mol. The first kappa shape index (κ1) is 18.0. The molecule has 2 rings (SSSR count). The van der Waals surface area contributed by atoms with Gasteiger partial charge in [0.2, 0.25) is 0 Å². The van der Waals surface area contributed by atoms with E-state index >= 15 is 0 Å². The van der Waals surface area contributed by atoms with Crippen LogP contribution < -0.4 is 5.73 Å². The first-order valence-electron chi connectivity index (χ1n) is 7.83. The normalized spacial score (nSPS) is 29.4. The van der Waals surface area contributed by atoms with Crippen molar-refractivity contribution in [2.24, 2.45) is 22.6 Å². The SMILES string of the molecule is CN=C(N)N1CCN(C2CCC(C(C)C)CC2)CC1.I. The van der Waals surface area contributed by atoms with Crippen molar-refractivity contribution in [1.82, 2.24) is 9.80 Å². The summed E-state index contributed by atoms with van der Waals surface area (Å²) in [4.78, 5) is 8.96. The molecule has 0 aromatic carbocycles. The molecule has 20 heavy (non-hydrogen) atoms. The molecule has 118 valence electrons. The van der Waals surface area contributed by atoms with E-state index in [1.165, 1.54) is 25.7 Å². The Hall–Kier alpha value is -0.0400. The Morgan fingerprint density at radius 3 is 2.05 bits per heavy atom. The Kier molecular flexibility index (Phi) is 7.58. The summed E-state index contributed by atoms with van der Waals surface area (Å²) in [7, 11) is 1.77. The highest BCUT2D eigenvalue weighted by atomic mass is 127. The van der Waals surface area contributed by atoms with Crippen LogP contribution in [0.4, 0.5) is 0 Å². The van der Waals surface area contributed by atoms with Crippen molar-refractivity contribution in [2.75, 3.05) is 33.2 Å². The molecule has 0 unspecified atom stereocenters. The standard InChI is InChI=1S/C15H30N4.HI/c1-12(2)13-4-6-14(7-5-13)18-8-10-19(11-9-18)15(16)17-3;/h12-14H,4-11H2,1-3H3,(H2,16,17);1H. The molecule has 0 spiro atoms. The van der Waals surface area contributed by atoms with Gasteiger partial charge in [0.05, 0.1) is 0 Å². The fourth-order valence-corrected chi connectivity index (χ4v) is 3.59. The summed E-state index contributed by atoms with van der Waals surface area (Å²) in [5.74, 6) is 2.52. The Bertz CT molecular complexity index is 303. The van der Waals surface area contributed by atoms with Crippen LogP contribution in [-0.2, 0) is 0 Å². The largest absolute Gasteiger partial charge is 0.370 e. The van der Waals surface area contributed by atoms with Gasteiger partial charge in [-0.25, -0.2) is 0 Å². The van der Waals surface area contributed by atoms with E-state index in [1.54, 1.807) is 7.05 Å². The van der Waals surface area contributed by atoms with Gasteiger partial charge in [-0.15, -0.1) is 24.0 Å². The molecule has 1 heterocycles. The van der Waals surface area contributed by atoms with E-state index in [0.717, 1.165) is 44.1 Å². The van der Waals surface area contributed by atoms with Gasteiger partial charge >= 0.3 is 0 Å². The maximum atomic E-state index is 5.88. The second kappa shape index (κ2) is 8.41. The number of piperazine rings is 1. The Labute approximate surface area is 141 Å². The van der Waals surface area contributed by atoms with Crippen molar-refractivity contribution in [3.8, 4) is 0 Å². The fourth-order valence-electron chi connectivity index (χ4n) is 3.59. The lowest BCUT2D eigenvalue weighted by molar-refractivity contribution is 0.0871. The smallest absolute Gasteiger partial charge is 0.191 e. The van der Waals surface area contributed by atoms with Gasteiger partial charge in [0, 0.05) is 39.3 Å². The highest BCUT2D eigenvalue weighted by Gasteiger charge is 2.29. The number of nitrogens with two attached hydrogens (primary N) is 1. The third kappa shape index (κ3) is 4.48. The number of halogens is 1. The number of nitrogens with zero attached hydrogens (tertiary/aromatic N) is 3. The van der Waals surface area contributed by atoms with Crippen LogP contribution in [0.25, 0.3) is 0 Å². The van der Waals surface area contributed by atoms with Gasteiger partial charge in [-0.1, -0.05) is 13.8 Å². The predicted octanol–water partition coefficient (Wildman–Crippen LogP) is 2.38. The van der Waals surface area contributed by atoms with Crippen LogP contribution in [-0.4, -0.2) is 55.0 Å². The van der Waals surface area contributed by atoms with E-state index in [0.29, 0.717) is 5.96 Å². The first-order chi connectivity index (χ1) is 9.11. The van der Waals surface area contributed by atoms with Crippen LogP contribution in [0.5, 0.6) is 0 Å². The molecule has 0 atom stereocenters. The minimum Gasteiger partial charge on any atom is -0.370 e. The maximum Gasteiger partial charge on any atom is 0.191 e. The lowest BCUT2D eigenvalue weighted by atomic mass is 9.79. The minimum atomic E-state index is 0. The summed E-state index contributed by atoms with van der Waals surface area (Å²) in [6.45, 7) is 9.11. The van der Waals surface area contributed by atoms with Gasteiger partial charge in [0.25, 0.3) is 0 Å². The van der Waals surface area contributed by atoms with Crippen LogP contribution in [0.15, 0.2) is 4.99 Å². The monoisotopic (exact) mass is 394 g/mol. The minimum absolute atomic E-state index is 0. The van der Waals surface area contributed by atoms with Crippen molar-refractivity contribution in [3.63, 3.8) is 0 Å². The summed E-state index contributed by atoms with van der Waals surface area (Å²) in [6.07, 6.45) is 5.61. The van der Waals surface area contributed by atoms with Crippen molar-refractivity contribution in [1.29, 1.82) is 0 Å². The summed E-state index contributed by atoms with van der Waals surface area (Å²) < 4.78 is 0. The van der Waals surface area contributed by atoms with Crippen molar-refractivity contribution < 1.29 is 0 Å². The van der Waals surface area contributed by atoms with Gasteiger partial charge in [-0.05, 0) is 37.5 Å². The van der Waals surface area contributed by atoms with E-state index in [9.17, 15) is 0 Å². The van der Waals surface area contributed by atoms with Gasteiger partial charge < -0.3 is 10.6 Å². The van der Waals surface area contributed by atoms with E-state index in [4.69, 9.17) is 5.73 Å². The topological polar surface area (TPSA) is 44.9 Å². The van der Waals surface area contributed by atoms with Gasteiger partial charge in [0.1, 0.15) is 0 Å². The quantitative estimate of drug-likeness (QED) is 0.445. The van der Waals surface area contributed by atoms with Gasteiger partial charge in [-0.3, -0.25) is 9.89 Å². The average Bonchev–Trinajstić information content (AvgIpc) is 2.46. The zero-order chi connectivity index (χ0) is 13.8. The molecule has 1 saturated carbocycles. The lowest BCUT2D eigenvalue weighted by Crippen LogP contribution is -2.54. The highest BCUT2D eigenvalue weighted by molar-refractivity contribution is 14.0. The third-order valence-corrected chi connectivity index (χ3v) is 5.07. The zero-order valence-corrected chi connectivity index (χ0v) is 15.5. The zero-order valence-electron chi connectivity index (χ0n) is 13.2. The second-order valence-corrected chi connectivity index (χ2v) is 6.42. The van der Waals surface area contributed by atoms with E-state index in [1.807, 2.05) is 0 Å². The van der Waals surface area contributed by atoms with Crippen LogP contribution in [0.2, 0.25) is 0 Å². The molecular weight excluding hydrogens is 363 g/mol. The predicted molar refractivity (Wildman–Crippen MR) is 96.7 cm³/mol. The molecule has 4 nitrogen and oxygen atoms in total. The molecule has 1 aliphatic carbocycles. The number of guanidine groups is 1. The summed E-state index contributed by atoms with van der Waals surface area (Å²) in [5.41, 5.74) is 5.88. The van der Waals surface area contributed by atoms with Crippen LogP contribution in [0.1, 0.15) is 39.5 Å². The van der Waals surface area contributed by atoms with Crippen molar-refractivity contribution in [3.05, 3.63) is 0 Å². The molecule has 0 aromatic rings. The Balaban J connectivity index is 0.00000200. The van der Waals surface area contributed by atoms with Gasteiger partial charge in [-0.2, -0.15) is 0 Å². The van der Waals surface area contributed by atoms with Crippen LogP contribution in [0.3, 0.4) is 0 Å². The number of hydrogen-bond donors (Lipinski definition) is 1. The Morgan fingerprint density at radius 2 is 1.60 bits per heavy atom. The number of rotatable bonds is 2. The second-order valence-electron chi connectivity index (χ2n) is 6.42. The molecule has 2 aliphatic rings. The summed E-state index contributed by atoms with van der Waals surface area (Å²) >= 11 is 0. The van der Waals surface area contributed by atoms with E-state index in [2.05, 4.69) is 28.6 Å². The maximum absolute atomic E-state index is 5.88. The fraction of sp³-hybridized carbons (Fsp3) is 0.933. The summed E-state index contributed by atoms with van der Waals surface area (Å²) in [6, 6.07) is 0.817. The van der Waals surface area contributed by atoms with Gasteiger partial charge in [0.15, 0.2) is 5.96 Å². The molecule has 0 radical (unpaired) electrons. The third-order valence-electron chi connectivity index (χ3n) is 5.07. The molecular formula is C15H31IN4. The van der Waals surface area contributed by atoms with E-state index in [-0.39, 0.29) is 24.0 Å². The molecule has 5 heteroatoms. The molecule has 1 aliphatic heterocycles. The lowest BCUT2D eigenvalue weighted by Gasteiger charge is -2.42. The van der Waals surface area contributed by atoms with Crippen molar-refractivity contribution >= 4 is 29.9 Å². The molecule has 1 saturated heterocycles. The Morgan fingerprint density at radius 1 is 1.05 bits per heavy atom. The molecule has 2 N–H and O–H groups in total. The van der Waals surface area contributed by atoms with Crippen LogP contribution in [0, 0.1) is 11.8 Å². The van der Waals surface area contributed by atoms with Crippen molar-refractivity contribution in [2.45, 2.75) is 45.6 Å².